The topological polar surface area (TPSA) is 50.3 Å². The van der Waals surface area contributed by atoms with Crippen LogP contribution in [0.2, 0.25) is 0 Å². The van der Waals surface area contributed by atoms with E-state index in [2.05, 4.69) is 33.4 Å². The van der Waals surface area contributed by atoms with Crippen molar-refractivity contribution in [3.63, 3.8) is 0 Å². The minimum atomic E-state index is 0.532. The van der Waals surface area contributed by atoms with E-state index in [1.165, 1.54) is 36.8 Å². The highest BCUT2D eigenvalue weighted by molar-refractivity contribution is 5.49. The molecule has 1 saturated carbocycles. The monoisotopic (exact) mass is 338 g/mol. The van der Waals surface area contributed by atoms with Gasteiger partial charge in [0, 0.05) is 30.9 Å². The molecule has 1 aliphatic carbocycles. The van der Waals surface area contributed by atoms with Crippen LogP contribution in [0.25, 0.3) is 0 Å². The SMILES string of the molecule is COc1ccc2c(c1)CCN(c1cc(C)nc(NC3CCCC3)n1)C2. The van der Waals surface area contributed by atoms with Gasteiger partial charge in [0.15, 0.2) is 0 Å². The second kappa shape index (κ2) is 6.90. The zero-order valence-corrected chi connectivity index (χ0v) is 15.1. The van der Waals surface area contributed by atoms with E-state index in [-0.39, 0.29) is 0 Å². The van der Waals surface area contributed by atoms with E-state index < -0.39 is 0 Å². The molecule has 4 rings (SSSR count). The number of fused-ring (bicyclic) bond motifs is 1. The lowest BCUT2D eigenvalue weighted by Crippen LogP contribution is -2.31. The van der Waals surface area contributed by atoms with Gasteiger partial charge in [0.1, 0.15) is 11.6 Å². The second-order valence-electron chi connectivity index (χ2n) is 7.12. The van der Waals surface area contributed by atoms with Gasteiger partial charge in [0.2, 0.25) is 5.95 Å². The maximum absolute atomic E-state index is 5.34. The van der Waals surface area contributed by atoms with Crippen molar-refractivity contribution in [1.29, 1.82) is 0 Å². The van der Waals surface area contributed by atoms with Gasteiger partial charge in [0.25, 0.3) is 0 Å². The quantitative estimate of drug-likeness (QED) is 0.921. The normalized spacial score (nSPS) is 17.4. The predicted molar refractivity (Wildman–Crippen MR) is 100 cm³/mol. The lowest BCUT2D eigenvalue weighted by molar-refractivity contribution is 0.413. The van der Waals surface area contributed by atoms with Crippen LogP contribution in [0.5, 0.6) is 5.75 Å². The van der Waals surface area contributed by atoms with Crippen LogP contribution in [-0.2, 0) is 13.0 Å². The molecule has 1 aromatic heterocycles. The number of aromatic nitrogens is 2. The first-order chi connectivity index (χ1) is 12.2. The molecular formula is C20H26N4O. The van der Waals surface area contributed by atoms with Crippen LogP contribution < -0.4 is 15.0 Å². The molecule has 1 aromatic carbocycles. The van der Waals surface area contributed by atoms with Gasteiger partial charge in [0.05, 0.1) is 7.11 Å². The van der Waals surface area contributed by atoms with Crippen LogP contribution in [0.15, 0.2) is 24.3 Å². The Labute approximate surface area is 149 Å². The Balaban J connectivity index is 1.54. The number of hydrogen-bond acceptors (Lipinski definition) is 5. The molecule has 1 aliphatic heterocycles. The van der Waals surface area contributed by atoms with Gasteiger partial charge < -0.3 is 15.0 Å². The number of hydrogen-bond donors (Lipinski definition) is 1. The Morgan fingerprint density at radius 2 is 1.96 bits per heavy atom. The molecule has 0 unspecified atom stereocenters. The lowest BCUT2D eigenvalue weighted by Gasteiger charge is -2.30. The summed E-state index contributed by atoms with van der Waals surface area (Å²) in [5.41, 5.74) is 3.75. The lowest BCUT2D eigenvalue weighted by atomic mass is 9.99. The van der Waals surface area contributed by atoms with Gasteiger partial charge in [-0.25, -0.2) is 4.98 Å². The van der Waals surface area contributed by atoms with Gasteiger partial charge >= 0.3 is 0 Å². The van der Waals surface area contributed by atoms with Crippen molar-refractivity contribution in [2.45, 2.75) is 51.6 Å². The summed E-state index contributed by atoms with van der Waals surface area (Å²) >= 11 is 0. The number of rotatable bonds is 4. The van der Waals surface area contributed by atoms with Gasteiger partial charge in [-0.2, -0.15) is 4.98 Å². The van der Waals surface area contributed by atoms with Crippen LogP contribution in [0.4, 0.5) is 11.8 Å². The molecule has 1 fully saturated rings. The maximum atomic E-state index is 5.34. The first-order valence-electron chi connectivity index (χ1n) is 9.24. The molecule has 0 atom stereocenters. The maximum Gasteiger partial charge on any atom is 0.225 e. The number of benzene rings is 1. The molecule has 0 spiro atoms. The Kier molecular flexibility index (Phi) is 4.47. The molecular weight excluding hydrogens is 312 g/mol. The number of aryl methyl sites for hydroxylation is 1. The standard InChI is InChI=1S/C20H26N4O/c1-14-11-19(23-20(21-14)22-17-5-3-4-6-17)24-10-9-15-12-18(25-2)8-7-16(15)13-24/h7-8,11-12,17H,3-6,9-10,13H2,1-2H3,(H,21,22,23). The fraction of sp³-hybridized carbons (Fsp3) is 0.500. The van der Waals surface area contributed by atoms with E-state index in [0.29, 0.717) is 6.04 Å². The Hall–Kier alpha value is -2.30. The molecule has 25 heavy (non-hydrogen) atoms. The van der Waals surface area contributed by atoms with E-state index in [9.17, 15) is 0 Å². The smallest absolute Gasteiger partial charge is 0.225 e. The Morgan fingerprint density at radius 1 is 1.12 bits per heavy atom. The van der Waals surface area contributed by atoms with Crippen LogP contribution in [0.3, 0.4) is 0 Å². The van der Waals surface area contributed by atoms with Gasteiger partial charge in [-0.05, 0) is 49.4 Å². The summed E-state index contributed by atoms with van der Waals surface area (Å²) in [4.78, 5) is 11.8. The summed E-state index contributed by atoms with van der Waals surface area (Å²) in [5.74, 6) is 2.74. The number of nitrogens with one attached hydrogen (secondary N) is 1. The van der Waals surface area contributed by atoms with Crippen molar-refractivity contribution in [1.82, 2.24) is 9.97 Å². The average molecular weight is 338 g/mol. The van der Waals surface area contributed by atoms with Crippen molar-refractivity contribution >= 4 is 11.8 Å². The summed E-state index contributed by atoms with van der Waals surface area (Å²) in [7, 11) is 1.72. The van der Waals surface area contributed by atoms with Crippen molar-refractivity contribution < 1.29 is 4.74 Å². The predicted octanol–water partition coefficient (Wildman–Crippen LogP) is 3.71. The summed E-state index contributed by atoms with van der Waals surface area (Å²) in [6.07, 6.45) is 6.09. The van der Waals surface area contributed by atoms with E-state index in [4.69, 9.17) is 9.72 Å². The minimum Gasteiger partial charge on any atom is -0.497 e. The molecule has 0 saturated heterocycles. The Morgan fingerprint density at radius 3 is 2.76 bits per heavy atom. The highest BCUT2D eigenvalue weighted by Gasteiger charge is 2.20. The third-order valence-electron chi connectivity index (χ3n) is 5.28. The molecule has 0 radical (unpaired) electrons. The van der Waals surface area contributed by atoms with Gasteiger partial charge in [-0.15, -0.1) is 0 Å². The largest absolute Gasteiger partial charge is 0.497 e. The Bertz CT molecular complexity index is 755. The molecule has 2 aliphatic rings. The van der Waals surface area contributed by atoms with E-state index in [1.54, 1.807) is 7.11 Å². The summed E-state index contributed by atoms with van der Waals surface area (Å²) in [6, 6.07) is 9.00. The minimum absolute atomic E-state index is 0.532. The van der Waals surface area contributed by atoms with E-state index in [0.717, 1.165) is 42.7 Å². The van der Waals surface area contributed by atoms with Gasteiger partial charge in [-0.3, -0.25) is 0 Å². The molecule has 0 bridgehead atoms. The van der Waals surface area contributed by atoms with Crippen molar-refractivity contribution in [2.24, 2.45) is 0 Å². The van der Waals surface area contributed by atoms with Crippen molar-refractivity contribution in [2.75, 3.05) is 23.9 Å². The fourth-order valence-electron chi connectivity index (χ4n) is 3.88. The summed E-state index contributed by atoms with van der Waals surface area (Å²) in [5, 5.41) is 3.53. The van der Waals surface area contributed by atoms with Gasteiger partial charge in [-0.1, -0.05) is 18.9 Å². The molecule has 5 nitrogen and oxygen atoms in total. The first-order valence-corrected chi connectivity index (χ1v) is 9.24. The molecule has 1 N–H and O–H groups in total. The third-order valence-corrected chi connectivity index (χ3v) is 5.28. The number of methoxy groups -OCH3 is 1. The highest BCUT2D eigenvalue weighted by Crippen LogP contribution is 2.28. The van der Waals surface area contributed by atoms with Crippen LogP contribution in [0, 0.1) is 6.92 Å². The molecule has 2 aromatic rings. The molecule has 5 heteroatoms. The number of nitrogens with zero attached hydrogens (tertiary/aromatic N) is 3. The number of anilines is 2. The first kappa shape index (κ1) is 16.2. The van der Waals surface area contributed by atoms with Crippen molar-refractivity contribution in [3.05, 3.63) is 41.1 Å². The number of ether oxygens (including phenoxy) is 1. The van der Waals surface area contributed by atoms with E-state index >= 15 is 0 Å². The molecule has 132 valence electrons. The zero-order chi connectivity index (χ0) is 17.2. The summed E-state index contributed by atoms with van der Waals surface area (Å²) < 4.78 is 5.34. The van der Waals surface area contributed by atoms with E-state index in [1.807, 2.05) is 13.0 Å². The second-order valence-corrected chi connectivity index (χ2v) is 7.12. The van der Waals surface area contributed by atoms with Crippen LogP contribution >= 0.6 is 0 Å². The summed E-state index contributed by atoms with van der Waals surface area (Å²) in [6.45, 7) is 3.91. The fourth-order valence-corrected chi connectivity index (χ4v) is 3.88. The van der Waals surface area contributed by atoms with Crippen molar-refractivity contribution in [3.8, 4) is 5.75 Å². The van der Waals surface area contributed by atoms with Crippen LogP contribution in [-0.4, -0.2) is 29.7 Å². The molecule has 0 amide bonds. The third kappa shape index (κ3) is 3.55. The van der Waals surface area contributed by atoms with Crippen LogP contribution in [0.1, 0.15) is 42.5 Å². The highest BCUT2D eigenvalue weighted by atomic mass is 16.5. The average Bonchev–Trinajstić information content (AvgIpc) is 3.13. The molecule has 2 heterocycles. The zero-order valence-electron chi connectivity index (χ0n) is 15.1.